The number of nitrogens with zero attached hydrogens (tertiary/aromatic N) is 2. The molecule has 0 saturated carbocycles. The summed E-state index contributed by atoms with van der Waals surface area (Å²) in [6, 6.07) is 19.1. The summed E-state index contributed by atoms with van der Waals surface area (Å²) in [6.45, 7) is 0. The van der Waals surface area contributed by atoms with E-state index in [2.05, 4.69) is 4.98 Å². The second-order valence-corrected chi connectivity index (χ2v) is 6.56. The van der Waals surface area contributed by atoms with Crippen molar-refractivity contribution in [3.8, 4) is 16.1 Å². The minimum Gasteiger partial charge on any atom is -0.268 e. The molecule has 0 unspecified atom stereocenters. The van der Waals surface area contributed by atoms with E-state index >= 15 is 0 Å². The topological polar surface area (TPSA) is 34.9 Å². The van der Waals surface area contributed by atoms with Gasteiger partial charge in [0.25, 0.3) is 5.56 Å². The zero-order valence-electron chi connectivity index (χ0n) is 11.9. The summed E-state index contributed by atoms with van der Waals surface area (Å²) in [6.07, 6.45) is 1.57. The van der Waals surface area contributed by atoms with Crippen LogP contribution in [0.4, 0.5) is 0 Å². The first-order chi connectivity index (χ1) is 11.2. The second-order valence-electron chi connectivity index (χ2n) is 5.09. The number of fused-ring (bicyclic) bond motifs is 1. The Bertz CT molecular complexity index is 1040. The Morgan fingerprint density at radius 2 is 1.74 bits per heavy atom. The van der Waals surface area contributed by atoms with Crippen molar-refractivity contribution in [2.75, 3.05) is 0 Å². The van der Waals surface area contributed by atoms with Crippen LogP contribution in [0.5, 0.6) is 0 Å². The normalized spacial score (nSPS) is 11.0. The second kappa shape index (κ2) is 5.65. The van der Waals surface area contributed by atoms with Crippen LogP contribution in [0, 0.1) is 0 Å². The zero-order valence-corrected chi connectivity index (χ0v) is 13.5. The summed E-state index contributed by atoms with van der Waals surface area (Å²) in [7, 11) is 0. The fraction of sp³-hybridized carbons (Fsp3) is 0. The Kier molecular flexibility index (Phi) is 3.48. The molecule has 0 radical (unpaired) electrons. The first-order valence-corrected chi connectivity index (χ1v) is 8.24. The standard InChI is InChI=1S/C18H11ClN2OS/c19-13-6-8-14(9-7-13)21-11-20-17-15(18(21)22)10-16(23-17)12-4-2-1-3-5-12/h1-11H. The number of aromatic nitrogens is 2. The Labute approximate surface area is 141 Å². The molecule has 2 aromatic carbocycles. The van der Waals surface area contributed by atoms with Gasteiger partial charge in [0.05, 0.1) is 11.1 Å². The molecule has 4 rings (SSSR count). The molecule has 3 nitrogen and oxygen atoms in total. The smallest absolute Gasteiger partial charge is 0.266 e. The zero-order chi connectivity index (χ0) is 15.8. The van der Waals surface area contributed by atoms with Crippen LogP contribution in [-0.4, -0.2) is 9.55 Å². The van der Waals surface area contributed by atoms with Gasteiger partial charge in [-0.2, -0.15) is 0 Å². The minimum absolute atomic E-state index is 0.0734. The SMILES string of the molecule is O=c1c2cc(-c3ccccc3)sc2ncn1-c1ccc(Cl)cc1. The van der Waals surface area contributed by atoms with Crippen LogP contribution in [0.25, 0.3) is 26.3 Å². The third-order valence-electron chi connectivity index (χ3n) is 3.62. The lowest BCUT2D eigenvalue weighted by atomic mass is 10.2. The van der Waals surface area contributed by atoms with Crippen molar-refractivity contribution in [1.82, 2.24) is 9.55 Å². The highest BCUT2D eigenvalue weighted by Gasteiger charge is 2.11. The van der Waals surface area contributed by atoms with Crippen molar-refractivity contribution in [3.05, 3.63) is 82.4 Å². The molecule has 2 aromatic heterocycles. The van der Waals surface area contributed by atoms with E-state index < -0.39 is 0 Å². The van der Waals surface area contributed by atoms with Gasteiger partial charge in [0.15, 0.2) is 0 Å². The lowest BCUT2D eigenvalue weighted by Crippen LogP contribution is -2.17. The van der Waals surface area contributed by atoms with Gasteiger partial charge in [0.2, 0.25) is 0 Å². The van der Waals surface area contributed by atoms with Gasteiger partial charge in [0, 0.05) is 9.90 Å². The van der Waals surface area contributed by atoms with E-state index in [1.165, 1.54) is 11.3 Å². The highest BCUT2D eigenvalue weighted by atomic mass is 35.5. The van der Waals surface area contributed by atoms with Crippen LogP contribution >= 0.6 is 22.9 Å². The van der Waals surface area contributed by atoms with Gasteiger partial charge in [-0.25, -0.2) is 4.98 Å². The first kappa shape index (κ1) is 14.2. The van der Waals surface area contributed by atoms with Crippen molar-refractivity contribution in [2.45, 2.75) is 0 Å². The Morgan fingerprint density at radius 1 is 1.00 bits per heavy atom. The van der Waals surface area contributed by atoms with E-state index in [1.54, 1.807) is 23.0 Å². The molecule has 23 heavy (non-hydrogen) atoms. The molecule has 0 amide bonds. The monoisotopic (exact) mass is 338 g/mol. The van der Waals surface area contributed by atoms with Crippen molar-refractivity contribution >= 4 is 33.2 Å². The van der Waals surface area contributed by atoms with Crippen LogP contribution in [0.2, 0.25) is 5.02 Å². The molecule has 0 fully saturated rings. The van der Waals surface area contributed by atoms with Gasteiger partial charge in [-0.1, -0.05) is 41.9 Å². The van der Waals surface area contributed by atoms with E-state index in [-0.39, 0.29) is 5.56 Å². The van der Waals surface area contributed by atoms with Gasteiger partial charge in [-0.3, -0.25) is 9.36 Å². The van der Waals surface area contributed by atoms with Crippen LogP contribution in [-0.2, 0) is 0 Å². The lowest BCUT2D eigenvalue weighted by Gasteiger charge is -2.04. The molecule has 0 aliphatic carbocycles. The highest BCUT2D eigenvalue weighted by molar-refractivity contribution is 7.21. The van der Waals surface area contributed by atoms with Crippen LogP contribution in [0.3, 0.4) is 0 Å². The summed E-state index contributed by atoms with van der Waals surface area (Å²) in [5, 5.41) is 1.27. The fourth-order valence-corrected chi connectivity index (χ4v) is 3.57. The molecule has 5 heteroatoms. The number of thiophene rings is 1. The van der Waals surface area contributed by atoms with Gasteiger partial charge in [0.1, 0.15) is 11.2 Å². The van der Waals surface area contributed by atoms with Crippen molar-refractivity contribution in [3.63, 3.8) is 0 Å². The molecule has 0 N–H and O–H groups in total. The van der Waals surface area contributed by atoms with Crippen molar-refractivity contribution in [1.29, 1.82) is 0 Å². The average Bonchev–Trinajstić information content (AvgIpc) is 3.02. The fourth-order valence-electron chi connectivity index (χ4n) is 2.45. The molecule has 0 spiro atoms. The van der Waals surface area contributed by atoms with Crippen LogP contribution in [0.1, 0.15) is 0 Å². The number of hydrogen-bond donors (Lipinski definition) is 0. The third-order valence-corrected chi connectivity index (χ3v) is 4.96. The molecule has 0 aliphatic heterocycles. The van der Waals surface area contributed by atoms with E-state index in [4.69, 9.17) is 11.6 Å². The molecule has 0 saturated heterocycles. The molecule has 4 aromatic rings. The molecule has 0 atom stereocenters. The number of rotatable bonds is 2. The predicted octanol–water partition coefficient (Wildman–Crippen LogP) is 4.77. The van der Waals surface area contributed by atoms with Gasteiger partial charge in [-0.15, -0.1) is 11.3 Å². The lowest BCUT2D eigenvalue weighted by molar-refractivity contribution is 0.966. The predicted molar refractivity (Wildman–Crippen MR) is 95.7 cm³/mol. The van der Waals surface area contributed by atoms with Crippen LogP contribution in [0.15, 0.2) is 71.8 Å². The van der Waals surface area contributed by atoms with Crippen molar-refractivity contribution < 1.29 is 0 Å². The van der Waals surface area contributed by atoms with E-state index in [9.17, 15) is 4.79 Å². The summed E-state index contributed by atoms with van der Waals surface area (Å²) in [5.74, 6) is 0. The maximum Gasteiger partial charge on any atom is 0.266 e. The average molecular weight is 339 g/mol. The summed E-state index contributed by atoms with van der Waals surface area (Å²) in [4.78, 5) is 19.0. The van der Waals surface area contributed by atoms with E-state index in [1.807, 2.05) is 48.5 Å². The largest absolute Gasteiger partial charge is 0.268 e. The molecule has 2 heterocycles. The first-order valence-electron chi connectivity index (χ1n) is 7.05. The maximum absolute atomic E-state index is 12.8. The Balaban J connectivity index is 1.89. The quantitative estimate of drug-likeness (QED) is 0.528. The molecule has 0 bridgehead atoms. The molecule has 0 aliphatic rings. The van der Waals surface area contributed by atoms with E-state index in [0.29, 0.717) is 10.4 Å². The number of hydrogen-bond acceptors (Lipinski definition) is 3. The minimum atomic E-state index is -0.0734. The molecule has 112 valence electrons. The van der Waals surface area contributed by atoms with Crippen molar-refractivity contribution in [2.24, 2.45) is 0 Å². The van der Waals surface area contributed by atoms with Gasteiger partial charge < -0.3 is 0 Å². The summed E-state index contributed by atoms with van der Waals surface area (Å²) in [5.41, 5.74) is 1.77. The summed E-state index contributed by atoms with van der Waals surface area (Å²) < 4.78 is 1.54. The van der Waals surface area contributed by atoms with Crippen LogP contribution < -0.4 is 5.56 Å². The highest BCUT2D eigenvalue weighted by Crippen LogP contribution is 2.30. The number of benzene rings is 2. The van der Waals surface area contributed by atoms with Gasteiger partial charge in [-0.05, 0) is 35.9 Å². The van der Waals surface area contributed by atoms with E-state index in [0.717, 1.165) is 21.0 Å². The number of halogens is 1. The molecular formula is C18H11ClN2OS. The Hall–Kier alpha value is -2.43. The summed E-state index contributed by atoms with van der Waals surface area (Å²) >= 11 is 7.43. The Morgan fingerprint density at radius 3 is 2.48 bits per heavy atom. The molecular weight excluding hydrogens is 328 g/mol. The maximum atomic E-state index is 12.8. The third kappa shape index (κ3) is 2.56. The van der Waals surface area contributed by atoms with Gasteiger partial charge >= 0.3 is 0 Å².